The minimum Gasteiger partial charge on any atom is -0.345 e. The molecule has 0 aliphatic rings. The molecular formula is C19H24N2O. The molecule has 1 heterocycles. The molecule has 1 aromatic carbocycles. The SMILES string of the molecule is CCc1ccc(CCC(=O)N(C)CCc2ccccn2)cc1. The first-order valence-corrected chi connectivity index (χ1v) is 7.90. The van der Waals surface area contributed by atoms with Crippen LogP contribution in [0.15, 0.2) is 48.7 Å². The second kappa shape index (κ2) is 8.32. The molecule has 116 valence electrons. The van der Waals surface area contributed by atoms with Crippen molar-refractivity contribution in [1.29, 1.82) is 0 Å². The molecular weight excluding hydrogens is 272 g/mol. The molecule has 0 aliphatic carbocycles. The zero-order valence-corrected chi connectivity index (χ0v) is 13.5. The Hall–Kier alpha value is -2.16. The fourth-order valence-corrected chi connectivity index (χ4v) is 2.34. The molecule has 2 aromatic rings. The number of carbonyl (C=O) groups is 1. The van der Waals surface area contributed by atoms with Gasteiger partial charge in [-0.3, -0.25) is 9.78 Å². The summed E-state index contributed by atoms with van der Waals surface area (Å²) in [7, 11) is 1.87. The zero-order valence-electron chi connectivity index (χ0n) is 13.5. The number of benzene rings is 1. The van der Waals surface area contributed by atoms with Crippen LogP contribution in [0.1, 0.15) is 30.2 Å². The molecule has 0 bridgehead atoms. The highest BCUT2D eigenvalue weighted by atomic mass is 16.2. The molecule has 0 aliphatic heterocycles. The molecule has 3 nitrogen and oxygen atoms in total. The molecule has 22 heavy (non-hydrogen) atoms. The van der Waals surface area contributed by atoms with Crippen LogP contribution in [-0.2, 0) is 24.1 Å². The molecule has 0 saturated carbocycles. The van der Waals surface area contributed by atoms with Crippen LogP contribution in [0.4, 0.5) is 0 Å². The minimum absolute atomic E-state index is 0.190. The first kappa shape index (κ1) is 16.2. The number of pyridine rings is 1. The van der Waals surface area contributed by atoms with E-state index < -0.39 is 0 Å². The molecule has 1 aromatic heterocycles. The Labute approximate surface area is 133 Å². The van der Waals surface area contributed by atoms with E-state index in [1.54, 1.807) is 11.1 Å². The van der Waals surface area contributed by atoms with Gasteiger partial charge in [0, 0.05) is 38.3 Å². The van der Waals surface area contributed by atoms with Crippen LogP contribution >= 0.6 is 0 Å². The summed E-state index contributed by atoms with van der Waals surface area (Å²) in [4.78, 5) is 18.2. The molecule has 0 atom stereocenters. The van der Waals surface area contributed by atoms with Gasteiger partial charge < -0.3 is 4.90 Å². The Morgan fingerprint density at radius 3 is 2.41 bits per heavy atom. The fourth-order valence-electron chi connectivity index (χ4n) is 2.34. The maximum absolute atomic E-state index is 12.2. The van der Waals surface area contributed by atoms with E-state index in [4.69, 9.17) is 0 Å². The molecule has 0 unspecified atom stereocenters. The maximum Gasteiger partial charge on any atom is 0.222 e. The molecule has 2 rings (SSSR count). The Morgan fingerprint density at radius 2 is 1.77 bits per heavy atom. The van der Waals surface area contributed by atoms with Crippen molar-refractivity contribution in [2.45, 2.75) is 32.6 Å². The predicted molar refractivity (Wildman–Crippen MR) is 89.7 cm³/mol. The summed E-state index contributed by atoms with van der Waals surface area (Å²) < 4.78 is 0. The van der Waals surface area contributed by atoms with Crippen LogP contribution in [0.25, 0.3) is 0 Å². The number of aromatic nitrogens is 1. The van der Waals surface area contributed by atoms with Crippen molar-refractivity contribution < 1.29 is 4.79 Å². The zero-order chi connectivity index (χ0) is 15.8. The maximum atomic E-state index is 12.2. The Balaban J connectivity index is 1.76. The van der Waals surface area contributed by atoms with E-state index in [9.17, 15) is 4.79 Å². The van der Waals surface area contributed by atoms with Gasteiger partial charge in [-0.2, -0.15) is 0 Å². The van der Waals surface area contributed by atoms with E-state index in [2.05, 4.69) is 36.2 Å². The summed E-state index contributed by atoms with van der Waals surface area (Å²) in [5, 5.41) is 0. The average Bonchev–Trinajstić information content (AvgIpc) is 2.58. The lowest BCUT2D eigenvalue weighted by molar-refractivity contribution is -0.129. The average molecular weight is 296 g/mol. The molecule has 1 amide bonds. The van der Waals surface area contributed by atoms with Crippen LogP contribution < -0.4 is 0 Å². The number of amides is 1. The first-order chi connectivity index (χ1) is 10.7. The van der Waals surface area contributed by atoms with Crippen molar-refractivity contribution in [3.63, 3.8) is 0 Å². The van der Waals surface area contributed by atoms with Gasteiger partial charge in [-0.15, -0.1) is 0 Å². The van der Waals surface area contributed by atoms with Gasteiger partial charge in [-0.25, -0.2) is 0 Å². The number of likely N-dealkylation sites (N-methyl/N-ethyl adjacent to an activating group) is 1. The summed E-state index contributed by atoms with van der Waals surface area (Å²) in [6.45, 7) is 2.86. The van der Waals surface area contributed by atoms with Crippen molar-refractivity contribution in [1.82, 2.24) is 9.88 Å². The summed E-state index contributed by atoms with van der Waals surface area (Å²) in [5.74, 6) is 0.190. The van der Waals surface area contributed by atoms with Gasteiger partial charge in [0.15, 0.2) is 0 Å². The summed E-state index contributed by atoms with van der Waals surface area (Å²) in [6, 6.07) is 14.4. The third kappa shape index (κ3) is 4.99. The van der Waals surface area contributed by atoms with E-state index in [0.29, 0.717) is 13.0 Å². The van der Waals surface area contributed by atoms with Crippen LogP contribution in [0.2, 0.25) is 0 Å². The summed E-state index contributed by atoms with van der Waals surface area (Å²) in [6.07, 6.45) is 5.00. The number of rotatable bonds is 7. The number of carbonyl (C=O) groups excluding carboxylic acids is 1. The van der Waals surface area contributed by atoms with E-state index in [1.807, 2.05) is 25.2 Å². The van der Waals surface area contributed by atoms with Gasteiger partial charge in [0.25, 0.3) is 0 Å². The lowest BCUT2D eigenvalue weighted by Gasteiger charge is -2.17. The highest BCUT2D eigenvalue weighted by Crippen LogP contribution is 2.08. The molecule has 0 N–H and O–H groups in total. The molecule has 3 heteroatoms. The number of nitrogens with zero attached hydrogens (tertiary/aromatic N) is 2. The van der Waals surface area contributed by atoms with Crippen molar-refractivity contribution in [2.75, 3.05) is 13.6 Å². The van der Waals surface area contributed by atoms with Crippen molar-refractivity contribution in [3.8, 4) is 0 Å². The van der Waals surface area contributed by atoms with Crippen LogP contribution in [0, 0.1) is 0 Å². The minimum atomic E-state index is 0.190. The predicted octanol–water partition coefficient (Wildman–Crippen LogP) is 3.28. The number of aryl methyl sites for hydroxylation is 2. The van der Waals surface area contributed by atoms with Crippen molar-refractivity contribution in [2.24, 2.45) is 0 Å². The highest BCUT2D eigenvalue weighted by molar-refractivity contribution is 5.76. The lowest BCUT2D eigenvalue weighted by atomic mass is 10.1. The second-order valence-corrected chi connectivity index (χ2v) is 5.56. The Bertz CT molecular complexity index is 578. The molecule has 0 fully saturated rings. The third-order valence-electron chi connectivity index (χ3n) is 3.91. The Kier molecular flexibility index (Phi) is 6.13. The fraction of sp³-hybridized carbons (Fsp3) is 0.368. The third-order valence-corrected chi connectivity index (χ3v) is 3.91. The monoisotopic (exact) mass is 296 g/mol. The topological polar surface area (TPSA) is 33.2 Å². The number of hydrogen-bond donors (Lipinski definition) is 0. The summed E-state index contributed by atoms with van der Waals surface area (Å²) >= 11 is 0. The quantitative estimate of drug-likeness (QED) is 0.785. The first-order valence-electron chi connectivity index (χ1n) is 7.90. The molecule has 0 saturated heterocycles. The highest BCUT2D eigenvalue weighted by Gasteiger charge is 2.09. The van der Waals surface area contributed by atoms with Gasteiger partial charge in [-0.05, 0) is 36.1 Å². The van der Waals surface area contributed by atoms with Gasteiger partial charge >= 0.3 is 0 Å². The molecule has 0 radical (unpaired) electrons. The standard InChI is InChI=1S/C19H24N2O/c1-3-16-7-9-17(10-8-16)11-12-19(22)21(2)15-13-18-6-4-5-14-20-18/h4-10,14H,3,11-13,15H2,1-2H3. The van der Waals surface area contributed by atoms with Gasteiger partial charge in [0.05, 0.1) is 0 Å². The van der Waals surface area contributed by atoms with Gasteiger partial charge in [0.2, 0.25) is 5.91 Å². The van der Waals surface area contributed by atoms with Crippen molar-refractivity contribution >= 4 is 5.91 Å². The van der Waals surface area contributed by atoms with E-state index in [1.165, 1.54) is 11.1 Å². The summed E-state index contributed by atoms with van der Waals surface area (Å²) in [5.41, 5.74) is 3.59. The normalized spacial score (nSPS) is 10.5. The van der Waals surface area contributed by atoms with E-state index in [0.717, 1.165) is 25.0 Å². The number of hydrogen-bond acceptors (Lipinski definition) is 2. The van der Waals surface area contributed by atoms with Crippen molar-refractivity contribution in [3.05, 3.63) is 65.5 Å². The van der Waals surface area contributed by atoms with Gasteiger partial charge in [0.1, 0.15) is 0 Å². The second-order valence-electron chi connectivity index (χ2n) is 5.56. The van der Waals surface area contributed by atoms with Gasteiger partial charge in [-0.1, -0.05) is 37.3 Å². The smallest absolute Gasteiger partial charge is 0.222 e. The van der Waals surface area contributed by atoms with Crippen LogP contribution in [-0.4, -0.2) is 29.4 Å². The van der Waals surface area contributed by atoms with E-state index >= 15 is 0 Å². The van der Waals surface area contributed by atoms with Crippen LogP contribution in [0.3, 0.4) is 0 Å². The lowest BCUT2D eigenvalue weighted by Crippen LogP contribution is -2.29. The van der Waals surface area contributed by atoms with Crippen LogP contribution in [0.5, 0.6) is 0 Å². The largest absolute Gasteiger partial charge is 0.345 e. The van der Waals surface area contributed by atoms with E-state index in [-0.39, 0.29) is 5.91 Å². The Morgan fingerprint density at radius 1 is 1.05 bits per heavy atom. The molecule has 0 spiro atoms.